The summed E-state index contributed by atoms with van der Waals surface area (Å²) in [5, 5.41) is 8.95. The zero-order valence-electron chi connectivity index (χ0n) is 8.23. The van der Waals surface area contributed by atoms with E-state index in [9.17, 15) is 8.42 Å². The Morgan fingerprint density at radius 1 is 1.53 bits per heavy atom. The van der Waals surface area contributed by atoms with E-state index in [1.165, 1.54) is 25.3 Å². The number of phenolic OH excluding ortho intramolecular Hbond substituents is 1. The molecule has 0 unspecified atom stereocenters. The Bertz CT molecular complexity index is 399. The number of methoxy groups -OCH3 is 1. The summed E-state index contributed by atoms with van der Waals surface area (Å²) in [5.41, 5.74) is 0. The minimum Gasteiger partial charge on any atom is -0.507 e. The van der Waals surface area contributed by atoms with E-state index in [1.54, 1.807) is 0 Å². The molecular weight excluding hydrogens is 218 g/mol. The van der Waals surface area contributed by atoms with Gasteiger partial charge in [-0.1, -0.05) is 0 Å². The fourth-order valence-electron chi connectivity index (χ4n) is 0.931. The van der Waals surface area contributed by atoms with Crippen molar-refractivity contribution in [1.29, 1.82) is 0 Å². The van der Waals surface area contributed by atoms with Gasteiger partial charge in [0.05, 0.1) is 11.5 Å². The minimum absolute atomic E-state index is 0.0661. The highest BCUT2D eigenvalue weighted by atomic mass is 32.2. The second kappa shape index (κ2) is 5.11. The molecule has 0 saturated heterocycles. The van der Waals surface area contributed by atoms with E-state index < -0.39 is 10.0 Å². The van der Waals surface area contributed by atoms with Crippen molar-refractivity contribution in [3.63, 3.8) is 0 Å². The molecule has 5 nitrogen and oxygen atoms in total. The second-order valence-electron chi connectivity index (χ2n) is 2.80. The lowest BCUT2D eigenvalue weighted by molar-refractivity contribution is 0.204. The topological polar surface area (TPSA) is 75.6 Å². The van der Waals surface area contributed by atoms with Crippen LogP contribution in [0.25, 0.3) is 0 Å². The van der Waals surface area contributed by atoms with Crippen molar-refractivity contribution in [3.8, 4) is 5.75 Å². The van der Waals surface area contributed by atoms with Gasteiger partial charge in [0.25, 0.3) is 0 Å². The number of aromatic hydroxyl groups is 1. The highest BCUT2D eigenvalue weighted by molar-refractivity contribution is 7.89. The molecule has 0 spiro atoms. The van der Waals surface area contributed by atoms with Gasteiger partial charge in [0, 0.05) is 19.7 Å². The predicted molar refractivity (Wildman–Crippen MR) is 54.0 cm³/mol. The fraction of sp³-hybridized carbons (Fsp3) is 0.333. The predicted octanol–water partition coefficient (Wildman–Crippen LogP) is 0.117. The van der Waals surface area contributed by atoms with Crippen LogP contribution in [0.5, 0.6) is 5.75 Å². The first kappa shape index (κ1) is 12.0. The van der Waals surface area contributed by atoms with Crippen LogP contribution in [-0.4, -0.2) is 33.8 Å². The van der Waals surface area contributed by atoms with Crippen molar-refractivity contribution < 1.29 is 18.3 Å². The summed E-state index contributed by atoms with van der Waals surface area (Å²) >= 11 is 0. The summed E-state index contributed by atoms with van der Waals surface area (Å²) in [4.78, 5) is 0.0661. The fourth-order valence-corrected chi connectivity index (χ4v) is 1.91. The Morgan fingerprint density at radius 2 is 2.27 bits per heavy atom. The maximum Gasteiger partial charge on any atom is 0.240 e. The molecule has 0 fully saturated rings. The Labute approximate surface area is 88.7 Å². The summed E-state index contributed by atoms with van der Waals surface area (Å²) in [5.74, 6) is -0.0918. The van der Waals surface area contributed by atoms with Gasteiger partial charge in [-0.25, -0.2) is 13.1 Å². The van der Waals surface area contributed by atoms with Crippen molar-refractivity contribution in [2.24, 2.45) is 0 Å². The van der Waals surface area contributed by atoms with Crippen molar-refractivity contribution in [2.45, 2.75) is 4.90 Å². The molecule has 0 heterocycles. The van der Waals surface area contributed by atoms with Gasteiger partial charge in [-0.05, 0) is 18.2 Å². The monoisotopic (exact) mass is 230 g/mol. The van der Waals surface area contributed by atoms with E-state index in [1.807, 2.05) is 0 Å². The van der Waals surface area contributed by atoms with Crippen LogP contribution < -0.4 is 4.72 Å². The van der Waals surface area contributed by atoms with Gasteiger partial charge < -0.3 is 9.84 Å². The molecule has 0 saturated carbocycles. The Hall–Kier alpha value is -1.11. The largest absolute Gasteiger partial charge is 0.507 e. The van der Waals surface area contributed by atoms with Gasteiger partial charge in [0.15, 0.2) is 0 Å². The highest BCUT2D eigenvalue weighted by Crippen LogP contribution is 2.12. The summed E-state index contributed by atoms with van der Waals surface area (Å²) in [6.07, 6.45) is 0. The van der Waals surface area contributed by atoms with Crippen molar-refractivity contribution in [1.82, 2.24) is 4.72 Å². The van der Waals surface area contributed by atoms with Crippen LogP contribution in [0.1, 0.15) is 0 Å². The quantitative estimate of drug-likeness (QED) is 0.704. The van der Waals surface area contributed by atoms with E-state index in [0.29, 0.717) is 6.61 Å². The smallest absolute Gasteiger partial charge is 0.240 e. The third-order valence-corrected chi connectivity index (χ3v) is 3.14. The van der Waals surface area contributed by atoms with Gasteiger partial charge >= 0.3 is 0 Å². The number of sulfonamides is 1. The van der Waals surface area contributed by atoms with Crippen LogP contribution in [0.2, 0.25) is 0 Å². The summed E-state index contributed by atoms with van der Waals surface area (Å²) in [6, 6.07) is 6.19. The molecule has 83 valence electrons. The molecule has 6 heteroatoms. The molecule has 1 radical (unpaired) electrons. The maximum atomic E-state index is 11.5. The molecule has 2 N–H and O–H groups in total. The molecule has 0 atom stereocenters. The molecule has 0 aliphatic rings. The standard InChI is InChI=1S/C9H12NO4S/c1-14-7-6-10-15(12,13)9-4-2-8(11)3-5-9/h2,4-5,10-11H,6-7H2,1H3. The molecule has 1 aromatic rings. The van der Waals surface area contributed by atoms with E-state index in [2.05, 4.69) is 10.8 Å². The molecule has 1 rings (SSSR count). The SMILES string of the molecule is COCCNS(=O)(=O)c1c[c]c(O)cc1. The third kappa shape index (κ3) is 3.50. The zero-order valence-corrected chi connectivity index (χ0v) is 9.04. The Balaban J connectivity index is 2.73. The number of benzene rings is 1. The van der Waals surface area contributed by atoms with Crippen LogP contribution in [0, 0.1) is 6.07 Å². The van der Waals surface area contributed by atoms with E-state index in [4.69, 9.17) is 9.84 Å². The summed E-state index contributed by atoms with van der Waals surface area (Å²) in [6.45, 7) is 0.515. The second-order valence-corrected chi connectivity index (χ2v) is 4.57. The first-order valence-electron chi connectivity index (χ1n) is 4.25. The zero-order chi connectivity index (χ0) is 11.3. The lowest BCUT2D eigenvalue weighted by Crippen LogP contribution is -2.27. The van der Waals surface area contributed by atoms with Crippen LogP contribution in [-0.2, 0) is 14.8 Å². The van der Waals surface area contributed by atoms with Gasteiger partial charge in [0.1, 0.15) is 5.75 Å². The van der Waals surface area contributed by atoms with Crippen LogP contribution in [0.3, 0.4) is 0 Å². The lowest BCUT2D eigenvalue weighted by atomic mass is 10.3. The molecule has 0 aliphatic heterocycles. The van der Waals surface area contributed by atoms with Gasteiger partial charge in [0.2, 0.25) is 10.0 Å². The molecule has 0 amide bonds. The molecule has 0 bridgehead atoms. The number of ether oxygens (including phenoxy) is 1. The average molecular weight is 230 g/mol. The van der Waals surface area contributed by atoms with Gasteiger partial charge in [-0.2, -0.15) is 0 Å². The van der Waals surface area contributed by atoms with Gasteiger partial charge in [-0.15, -0.1) is 0 Å². The molecule has 0 aliphatic carbocycles. The number of hydrogen-bond donors (Lipinski definition) is 2. The number of rotatable bonds is 5. The number of hydrogen-bond acceptors (Lipinski definition) is 4. The molecule has 15 heavy (non-hydrogen) atoms. The van der Waals surface area contributed by atoms with E-state index in [-0.39, 0.29) is 17.2 Å². The van der Waals surface area contributed by atoms with Gasteiger partial charge in [-0.3, -0.25) is 0 Å². The first-order chi connectivity index (χ1) is 7.06. The van der Waals surface area contributed by atoms with Crippen LogP contribution >= 0.6 is 0 Å². The first-order valence-corrected chi connectivity index (χ1v) is 5.74. The van der Waals surface area contributed by atoms with Crippen molar-refractivity contribution in [3.05, 3.63) is 24.3 Å². The van der Waals surface area contributed by atoms with E-state index in [0.717, 1.165) is 0 Å². The minimum atomic E-state index is -3.52. The summed E-state index contributed by atoms with van der Waals surface area (Å²) in [7, 11) is -2.03. The highest BCUT2D eigenvalue weighted by Gasteiger charge is 2.12. The lowest BCUT2D eigenvalue weighted by Gasteiger charge is -2.05. The van der Waals surface area contributed by atoms with Crippen LogP contribution in [0.4, 0.5) is 0 Å². The van der Waals surface area contributed by atoms with Crippen LogP contribution in [0.15, 0.2) is 23.1 Å². The average Bonchev–Trinajstić information content (AvgIpc) is 2.18. The Morgan fingerprint density at radius 3 is 2.80 bits per heavy atom. The molecule has 0 aromatic heterocycles. The number of nitrogens with one attached hydrogen (secondary N) is 1. The normalized spacial score (nSPS) is 11.5. The molecule has 1 aromatic carbocycles. The van der Waals surface area contributed by atoms with Crippen molar-refractivity contribution in [2.75, 3.05) is 20.3 Å². The number of phenols is 1. The van der Waals surface area contributed by atoms with E-state index >= 15 is 0 Å². The van der Waals surface area contributed by atoms with Crippen molar-refractivity contribution >= 4 is 10.0 Å². The molecular formula is C9H12NO4S. The Kier molecular flexibility index (Phi) is 4.07. The summed E-state index contributed by atoms with van der Waals surface area (Å²) < 4.78 is 30.2. The maximum absolute atomic E-state index is 11.5. The third-order valence-electron chi connectivity index (χ3n) is 1.68.